The van der Waals surface area contributed by atoms with Gasteiger partial charge in [0.1, 0.15) is 6.04 Å². The third-order valence-electron chi connectivity index (χ3n) is 5.30. The van der Waals surface area contributed by atoms with Crippen LogP contribution < -0.4 is 10.6 Å². The van der Waals surface area contributed by atoms with Gasteiger partial charge in [0.25, 0.3) is 5.91 Å². The lowest BCUT2D eigenvalue weighted by Gasteiger charge is -2.13. The van der Waals surface area contributed by atoms with E-state index in [-0.39, 0.29) is 18.9 Å². The number of ether oxygens (including phenoxy) is 1. The lowest BCUT2D eigenvalue weighted by molar-refractivity contribution is -0.130. The first-order valence-corrected chi connectivity index (χ1v) is 10.1. The van der Waals surface area contributed by atoms with Crippen molar-refractivity contribution in [1.29, 1.82) is 0 Å². The van der Waals surface area contributed by atoms with Gasteiger partial charge in [0.15, 0.2) is 0 Å². The van der Waals surface area contributed by atoms with Gasteiger partial charge in [0.2, 0.25) is 5.91 Å². The van der Waals surface area contributed by atoms with Gasteiger partial charge in [-0.1, -0.05) is 36.4 Å². The summed E-state index contributed by atoms with van der Waals surface area (Å²) in [4.78, 5) is 38.7. The fraction of sp³-hybridized carbons (Fsp3) is 0.261. The van der Waals surface area contributed by atoms with Crippen LogP contribution in [0.5, 0.6) is 0 Å². The molecule has 160 valence electrons. The van der Waals surface area contributed by atoms with Crippen molar-refractivity contribution in [2.45, 2.75) is 25.6 Å². The number of aromatic nitrogens is 1. The number of fused-ring (bicyclic) bond motifs is 1. The Bertz CT molecular complexity index is 1110. The van der Waals surface area contributed by atoms with Crippen LogP contribution >= 0.6 is 0 Å². The van der Waals surface area contributed by atoms with E-state index in [0.29, 0.717) is 18.8 Å². The van der Waals surface area contributed by atoms with Crippen molar-refractivity contribution >= 4 is 34.4 Å². The molecule has 0 bridgehead atoms. The number of methoxy groups -OCH3 is 1. The van der Waals surface area contributed by atoms with Crippen molar-refractivity contribution in [3.63, 3.8) is 0 Å². The van der Waals surface area contributed by atoms with E-state index in [0.717, 1.165) is 21.4 Å². The molecule has 2 N–H and O–H groups in total. The summed E-state index contributed by atoms with van der Waals surface area (Å²) in [6, 6.07) is 15.5. The molecular weight excluding hydrogens is 396 g/mol. The number of anilines is 1. The number of benzene rings is 2. The zero-order valence-corrected chi connectivity index (χ0v) is 17.2. The van der Waals surface area contributed by atoms with Gasteiger partial charge in [-0.25, -0.2) is 4.79 Å². The molecule has 1 aromatic heterocycles. The highest BCUT2D eigenvalue weighted by Gasteiger charge is 2.39. The third kappa shape index (κ3) is 4.44. The molecule has 3 aromatic rings. The lowest BCUT2D eigenvalue weighted by atomic mass is 10.1. The number of hydrogen-bond acceptors (Lipinski definition) is 4. The molecule has 4 rings (SSSR count). The van der Waals surface area contributed by atoms with Crippen LogP contribution in [0.1, 0.15) is 12.0 Å². The summed E-state index contributed by atoms with van der Waals surface area (Å²) in [6.45, 7) is 1.47. The maximum Gasteiger partial charge on any atom is 0.325 e. The first-order valence-electron chi connectivity index (χ1n) is 10.1. The Morgan fingerprint density at radius 3 is 2.68 bits per heavy atom. The van der Waals surface area contributed by atoms with E-state index in [4.69, 9.17) is 4.74 Å². The van der Waals surface area contributed by atoms with E-state index in [2.05, 4.69) is 15.2 Å². The average Bonchev–Trinajstić information content (AvgIpc) is 3.30. The van der Waals surface area contributed by atoms with Crippen molar-refractivity contribution < 1.29 is 19.1 Å². The Balaban J connectivity index is 1.41. The molecule has 1 aliphatic heterocycles. The smallest absolute Gasteiger partial charge is 0.325 e. The molecule has 0 radical (unpaired) electrons. The predicted octanol–water partition coefficient (Wildman–Crippen LogP) is 2.74. The van der Waals surface area contributed by atoms with Crippen LogP contribution in [0.15, 0.2) is 60.8 Å². The summed E-state index contributed by atoms with van der Waals surface area (Å²) < 4.78 is 7.19. The van der Waals surface area contributed by atoms with Crippen LogP contribution in [-0.4, -0.2) is 47.1 Å². The fourth-order valence-electron chi connectivity index (χ4n) is 3.73. The molecule has 0 spiro atoms. The molecule has 2 aromatic carbocycles. The quantitative estimate of drug-likeness (QED) is 0.548. The summed E-state index contributed by atoms with van der Waals surface area (Å²) in [6.07, 6.45) is 1.82. The summed E-state index contributed by atoms with van der Waals surface area (Å²) in [5.74, 6) is -0.731. The highest BCUT2D eigenvalue weighted by atomic mass is 16.5. The SMILES string of the molecule is COCCn1ccc2c(NC(=O)C[C@@H]3NC(=O)N(Cc4ccccc4)C3=O)cccc21. The van der Waals surface area contributed by atoms with Crippen molar-refractivity contribution in [1.82, 2.24) is 14.8 Å². The zero-order valence-electron chi connectivity index (χ0n) is 17.2. The van der Waals surface area contributed by atoms with Gasteiger partial charge < -0.3 is 19.9 Å². The van der Waals surface area contributed by atoms with Crippen molar-refractivity contribution in [2.24, 2.45) is 0 Å². The number of urea groups is 1. The molecular formula is C23H24N4O4. The number of rotatable bonds is 8. The molecule has 1 saturated heterocycles. The van der Waals surface area contributed by atoms with E-state index in [1.54, 1.807) is 7.11 Å². The molecule has 8 nitrogen and oxygen atoms in total. The Kier molecular flexibility index (Phi) is 5.99. The lowest BCUT2D eigenvalue weighted by Crippen LogP contribution is -2.34. The van der Waals surface area contributed by atoms with Crippen molar-refractivity contribution in [3.8, 4) is 0 Å². The Morgan fingerprint density at radius 2 is 1.90 bits per heavy atom. The highest BCUT2D eigenvalue weighted by Crippen LogP contribution is 2.25. The number of imide groups is 1. The Morgan fingerprint density at radius 1 is 1.10 bits per heavy atom. The second kappa shape index (κ2) is 9.01. The summed E-state index contributed by atoms with van der Waals surface area (Å²) >= 11 is 0. The van der Waals surface area contributed by atoms with E-state index in [9.17, 15) is 14.4 Å². The van der Waals surface area contributed by atoms with E-state index in [1.807, 2.05) is 60.8 Å². The van der Waals surface area contributed by atoms with Crippen LogP contribution in [0.4, 0.5) is 10.5 Å². The van der Waals surface area contributed by atoms with E-state index in [1.165, 1.54) is 0 Å². The van der Waals surface area contributed by atoms with Gasteiger partial charge >= 0.3 is 6.03 Å². The van der Waals surface area contributed by atoms with Crippen LogP contribution in [0.3, 0.4) is 0 Å². The minimum Gasteiger partial charge on any atom is -0.383 e. The molecule has 0 unspecified atom stereocenters. The van der Waals surface area contributed by atoms with Gasteiger partial charge in [0.05, 0.1) is 30.8 Å². The molecule has 4 amide bonds. The minimum absolute atomic E-state index is 0.128. The molecule has 1 aliphatic rings. The molecule has 31 heavy (non-hydrogen) atoms. The van der Waals surface area contributed by atoms with Gasteiger partial charge in [0, 0.05) is 25.2 Å². The monoisotopic (exact) mass is 420 g/mol. The number of carbonyl (C=O) groups is 3. The van der Waals surface area contributed by atoms with Crippen LogP contribution in [0, 0.1) is 0 Å². The number of amides is 4. The maximum absolute atomic E-state index is 12.7. The molecule has 2 heterocycles. The average molecular weight is 420 g/mol. The normalized spacial score (nSPS) is 16.0. The summed E-state index contributed by atoms with van der Waals surface area (Å²) in [7, 11) is 1.65. The Labute approximate surface area is 179 Å². The molecule has 0 aliphatic carbocycles. The first-order chi connectivity index (χ1) is 15.1. The Hall–Kier alpha value is -3.65. The van der Waals surface area contributed by atoms with Gasteiger partial charge in [-0.05, 0) is 23.8 Å². The van der Waals surface area contributed by atoms with Crippen molar-refractivity contribution in [3.05, 3.63) is 66.4 Å². The minimum atomic E-state index is -0.873. The molecule has 1 fully saturated rings. The van der Waals surface area contributed by atoms with Crippen LogP contribution in [0.25, 0.3) is 10.9 Å². The van der Waals surface area contributed by atoms with E-state index < -0.39 is 18.0 Å². The number of nitrogens with zero attached hydrogens (tertiary/aromatic N) is 2. The molecule has 0 saturated carbocycles. The fourth-order valence-corrected chi connectivity index (χ4v) is 3.73. The van der Waals surface area contributed by atoms with Gasteiger partial charge in [-0.15, -0.1) is 0 Å². The largest absolute Gasteiger partial charge is 0.383 e. The topological polar surface area (TPSA) is 92.7 Å². The number of hydrogen-bond donors (Lipinski definition) is 2. The molecule has 1 atom stereocenters. The zero-order chi connectivity index (χ0) is 21.8. The van der Waals surface area contributed by atoms with Crippen molar-refractivity contribution in [2.75, 3.05) is 19.0 Å². The summed E-state index contributed by atoms with van der Waals surface area (Å²) in [5.41, 5.74) is 2.49. The third-order valence-corrected chi connectivity index (χ3v) is 5.30. The maximum atomic E-state index is 12.7. The number of carbonyl (C=O) groups excluding carboxylic acids is 3. The summed E-state index contributed by atoms with van der Waals surface area (Å²) in [5, 5.41) is 6.39. The van der Waals surface area contributed by atoms with Gasteiger partial charge in [-0.3, -0.25) is 14.5 Å². The predicted molar refractivity (Wildman–Crippen MR) is 116 cm³/mol. The molecule has 8 heteroatoms. The first kappa shape index (κ1) is 20.6. The second-order valence-electron chi connectivity index (χ2n) is 7.40. The standard InChI is InChI=1S/C23H24N4O4/c1-31-13-12-26-11-10-17-18(8-5-9-20(17)26)24-21(28)14-19-22(29)27(23(30)25-19)15-16-6-3-2-4-7-16/h2-11,19H,12-15H2,1H3,(H,24,28)(H,25,30)/t19-/m0/s1. The number of nitrogens with one attached hydrogen (secondary N) is 2. The van der Waals surface area contributed by atoms with Gasteiger partial charge in [-0.2, -0.15) is 0 Å². The van der Waals surface area contributed by atoms with E-state index >= 15 is 0 Å². The van der Waals surface area contributed by atoms with Crippen LogP contribution in [0.2, 0.25) is 0 Å². The second-order valence-corrected chi connectivity index (χ2v) is 7.40. The van der Waals surface area contributed by atoms with Crippen LogP contribution in [-0.2, 0) is 27.4 Å². The highest BCUT2D eigenvalue weighted by molar-refractivity contribution is 6.08.